The second-order valence-corrected chi connectivity index (χ2v) is 10.5. The van der Waals surface area contributed by atoms with Crippen LogP contribution in [-0.2, 0) is 23.9 Å². The van der Waals surface area contributed by atoms with Crippen LogP contribution in [0, 0.1) is 28.6 Å². The summed E-state index contributed by atoms with van der Waals surface area (Å²) in [6.07, 6.45) is 6.46. The van der Waals surface area contributed by atoms with E-state index in [-0.39, 0.29) is 36.4 Å². The van der Waals surface area contributed by atoms with E-state index < -0.39 is 40.4 Å². The van der Waals surface area contributed by atoms with Gasteiger partial charge < -0.3 is 19.8 Å². The molecule has 1 amide bonds. The molecule has 3 fully saturated rings. The third-order valence-corrected chi connectivity index (χ3v) is 8.81. The molecule has 0 spiro atoms. The molecule has 4 aliphatic rings. The molecule has 2 N–H and O–H groups in total. The maximum Gasteiger partial charge on any atom is 0.398 e. The smallest absolute Gasteiger partial charge is 0.398 e. The van der Waals surface area contributed by atoms with Crippen LogP contribution >= 0.6 is 0 Å². The lowest BCUT2D eigenvalue weighted by molar-refractivity contribution is -0.210. The summed E-state index contributed by atoms with van der Waals surface area (Å²) in [6, 6.07) is 0. The van der Waals surface area contributed by atoms with Crippen molar-refractivity contribution in [2.45, 2.75) is 57.7 Å². The third-order valence-electron chi connectivity index (χ3n) is 8.81. The first-order chi connectivity index (χ1) is 14.9. The molecule has 0 aliphatic heterocycles. The molecule has 0 heterocycles. The summed E-state index contributed by atoms with van der Waals surface area (Å²) in [5, 5.41) is 21.6. The van der Waals surface area contributed by atoms with E-state index in [0.29, 0.717) is 12.8 Å². The summed E-state index contributed by atoms with van der Waals surface area (Å²) in [6.45, 7) is 3.82. The summed E-state index contributed by atoms with van der Waals surface area (Å²) < 4.78 is 5.52. The van der Waals surface area contributed by atoms with Crippen LogP contribution < -0.4 is 0 Å². The first-order valence-electron chi connectivity index (χ1n) is 11.2. The van der Waals surface area contributed by atoms with Crippen LogP contribution in [0.2, 0.25) is 0 Å². The monoisotopic (exact) mass is 445 g/mol. The van der Waals surface area contributed by atoms with Gasteiger partial charge in [-0.15, -0.1) is 0 Å². The Labute approximate surface area is 187 Å². The molecule has 32 heavy (non-hydrogen) atoms. The van der Waals surface area contributed by atoms with Crippen molar-refractivity contribution < 1.29 is 34.1 Å². The number of fused-ring (bicyclic) bond motifs is 5. The zero-order chi connectivity index (χ0) is 23.6. The summed E-state index contributed by atoms with van der Waals surface area (Å²) in [4.78, 5) is 50.2. The quantitative estimate of drug-likeness (QED) is 0.490. The number of carboxylic acids is 1. The number of carbonyl (C=O) groups excluding carboxylic acids is 3. The van der Waals surface area contributed by atoms with Crippen molar-refractivity contribution in [1.29, 1.82) is 0 Å². The van der Waals surface area contributed by atoms with Gasteiger partial charge in [0, 0.05) is 30.8 Å². The first-order valence-corrected chi connectivity index (χ1v) is 11.2. The van der Waals surface area contributed by atoms with Gasteiger partial charge in [-0.1, -0.05) is 25.5 Å². The molecule has 7 atom stereocenters. The lowest BCUT2D eigenvalue weighted by Gasteiger charge is -2.59. The van der Waals surface area contributed by atoms with E-state index in [2.05, 4.69) is 0 Å². The molecule has 174 valence electrons. The minimum Gasteiger partial charge on any atom is -0.478 e. The number of aliphatic hydroxyl groups excluding tert-OH is 1. The Bertz CT molecular complexity index is 952. The molecule has 0 aromatic rings. The molecule has 3 saturated carbocycles. The zero-order valence-corrected chi connectivity index (χ0v) is 19.0. The van der Waals surface area contributed by atoms with Gasteiger partial charge in [0.25, 0.3) is 0 Å². The number of ketones is 1. The molecule has 0 unspecified atom stereocenters. The minimum absolute atomic E-state index is 0.00762. The highest BCUT2D eigenvalue weighted by Gasteiger charge is 2.71. The molecule has 0 saturated heterocycles. The van der Waals surface area contributed by atoms with Gasteiger partial charge in [-0.2, -0.15) is 0 Å². The molecule has 4 rings (SSSR count). The predicted molar refractivity (Wildman–Crippen MR) is 113 cm³/mol. The molecule has 4 aliphatic carbocycles. The van der Waals surface area contributed by atoms with Crippen molar-refractivity contribution in [3.63, 3.8) is 0 Å². The number of amides is 1. The summed E-state index contributed by atoms with van der Waals surface area (Å²) in [5.41, 5.74) is -2.35. The van der Waals surface area contributed by atoms with E-state index in [9.17, 15) is 29.4 Å². The molecule has 0 radical (unpaired) electrons. The number of aliphatic hydroxyl groups is 1. The number of aliphatic carboxylic acids is 1. The SMILES string of the molecule is CN(C)C(=O)C(=O)O[C@]1(C(=O)O)CC[C@H]2[C@@H]3CCC4=CC(=O)C=C[C@]4(C)[C@H]3[C@@H](O)C[C@@]21C. The number of esters is 1. The van der Waals surface area contributed by atoms with E-state index >= 15 is 0 Å². The van der Waals surface area contributed by atoms with Crippen molar-refractivity contribution in [3.8, 4) is 0 Å². The number of allylic oxidation sites excluding steroid dienone is 4. The van der Waals surface area contributed by atoms with Crippen LogP contribution in [0.15, 0.2) is 23.8 Å². The number of nitrogens with zero attached hydrogens (tertiary/aromatic N) is 1. The fourth-order valence-electron chi connectivity index (χ4n) is 7.26. The average Bonchev–Trinajstić information content (AvgIpc) is 3.00. The topological polar surface area (TPSA) is 121 Å². The third kappa shape index (κ3) is 2.91. The summed E-state index contributed by atoms with van der Waals surface area (Å²) in [7, 11) is 2.81. The molecular weight excluding hydrogens is 414 g/mol. The highest BCUT2D eigenvalue weighted by molar-refractivity contribution is 6.32. The maximum absolute atomic E-state index is 12.6. The number of hydrogen-bond acceptors (Lipinski definition) is 6. The average molecular weight is 446 g/mol. The lowest BCUT2D eigenvalue weighted by atomic mass is 9.46. The number of carbonyl (C=O) groups is 4. The van der Waals surface area contributed by atoms with Gasteiger partial charge in [-0.3, -0.25) is 9.59 Å². The number of carboxylic acid groups (broad SMARTS) is 1. The minimum atomic E-state index is -1.87. The summed E-state index contributed by atoms with van der Waals surface area (Å²) in [5.74, 6) is -3.68. The number of rotatable bonds is 2. The Morgan fingerprint density at radius 2 is 1.88 bits per heavy atom. The zero-order valence-electron chi connectivity index (χ0n) is 19.0. The van der Waals surface area contributed by atoms with Crippen molar-refractivity contribution >= 4 is 23.6 Å². The van der Waals surface area contributed by atoms with Crippen LogP contribution in [0.1, 0.15) is 46.0 Å². The highest BCUT2D eigenvalue weighted by Crippen LogP contribution is 2.67. The van der Waals surface area contributed by atoms with Gasteiger partial charge in [0.2, 0.25) is 5.60 Å². The highest BCUT2D eigenvalue weighted by atomic mass is 16.6. The molecule has 0 bridgehead atoms. The van der Waals surface area contributed by atoms with E-state index in [1.54, 1.807) is 19.1 Å². The van der Waals surface area contributed by atoms with Gasteiger partial charge in [0.1, 0.15) is 0 Å². The largest absolute Gasteiger partial charge is 0.478 e. The van der Waals surface area contributed by atoms with E-state index in [0.717, 1.165) is 16.9 Å². The summed E-state index contributed by atoms with van der Waals surface area (Å²) >= 11 is 0. The standard InChI is InChI=1S/C24H31NO7/c1-22-9-7-14(26)11-13(22)5-6-15-16-8-10-24(21(30)31,32-20(29)19(28)25(3)4)23(16,2)12-17(27)18(15)22/h7,9,11,15-18,27H,5-6,8,10,12H2,1-4H3,(H,30,31)/t15-,16-,17-,18+,22-,23-,24-/m0/s1. The van der Waals surface area contributed by atoms with Gasteiger partial charge in [-0.25, -0.2) is 9.59 Å². The fraction of sp³-hybridized carbons (Fsp3) is 0.667. The van der Waals surface area contributed by atoms with E-state index in [1.807, 2.05) is 13.0 Å². The molecule has 0 aromatic heterocycles. The van der Waals surface area contributed by atoms with Gasteiger partial charge >= 0.3 is 17.8 Å². The maximum atomic E-state index is 12.6. The number of likely N-dealkylation sites (N-methyl/N-ethyl adjacent to an activating group) is 1. The van der Waals surface area contributed by atoms with Gasteiger partial charge in [0.05, 0.1) is 6.10 Å². The number of ether oxygens (including phenoxy) is 1. The Hall–Kier alpha value is -2.48. The Kier molecular flexibility index (Phi) is 5.16. The van der Waals surface area contributed by atoms with Crippen molar-refractivity contribution in [2.24, 2.45) is 28.6 Å². The van der Waals surface area contributed by atoms with Crippen LogP contribution in [0.5, 0.6) is 0 Å². The van der Waals surface area contributed by atoms with Crippen LogP contribution in [-0.4, -0.2) is 64.5 Å². The predicted octanol–water partition coefficient (Wildman–Crippen LogP) is 1.72. The van der Waals surface area contributed by atoms with Crippen LogP contribution in [0.25, 0.3) is 0 Å². The fourth-order valence-corrected chi connectivity index (χ4v) is 7.26. The Balaban J connectivity index is 1.72. The van der Waals surface area contributed by atoms with Crippen molar-refractivity contribution in [3.05, 3.63) is 23.8 Å². The Morgan fingerprint density at radius 1 is 1.19 bits per heavy atom. The van der Waals surface area contributed by atoms with Crippen LogP contribution in [0.4, 0.5) is 0 Å². The van der Waals surface area contributed by atoms with E-state index in [1.165, 1.54) is 14.1 Å². The lowest BCUT2D eigenvalue weighted by Crippen LogP contribution is -2.63. The van der Waals surface area contributed by atoms with E-state index in [4.69, 9.17) is 4.74 Å². The molecular formula is C24H31NO7. The van der Waals surface area contributed by atoms with Crippen molar-refractivity contribution in [2.75, 3.05) is 14.1 Å². The molecule has 0 aromatic carbocycles. The van der Waals surface area contributed by atoms with Crippen LogP contribution in [0.3, 0.4) is 0 Å². The second-order valence-electron chi connectivity index (χ2n) is 10.5. The second kappa shape index (κ2) is 7.27. The Morgan fingerprint density at radius 3 is 2.50 bits per heavy atom. The number of hydrogen-bond donors (Lipinski definition) is 2. The normalized spacial score (nSPS) is 42.3. The van der Waals surface area contributed by atoms with Crippen molar-refractivity contribution in [1.82, 2.24) is 4.90 Å². The molecule has 8 nitrogen and oxygen atoms in total. The van der Waals surface area contributed by atoms with Gasteiger partial charge in [0.15, 0.2) is 5.78 Å². The van der Waals surface area contributed by atoms with Gasteiger partial charge in [-0.05, 0) is 56.1 Å². The first kappa shape index (κ1) is 22.7. The molecule has 8 heteroatoms.